The summed E-state index contributed by atoms with van der Waals surface area (Å²) in [7, 11) is 0. The quantitative estimate of drug-likeness (QED) is 0.942. The molecular formula is C18H21N5O. The number of rotatable bonds is 3. The van der Waals surface area contributed by atoms with Crippen molar-refractivity contribution >= 4 is 11.7 Å². The van der Waals surface area contributed by atoms with Crippen molar-refractivity contribution in [1.29, 1.82) is 0 Å². The molecule has 2 heterocycles. The topological polar surface area (TPSA) is 72.7 Å². The molecular weight excluding hydrogens is 302 g/mol. The maximum absolute atomic E-state index is 13.1. The van der Waals surface area contributed by atoms with Crippen LogP contribution in [-0.4, -0.2) is 25.4 Å². The Bertz CT molecular complexity index is 734. The lowest BCUT2D eigenvalue weighted by molar-refractivity contribution is -0.140. The standard InChI is InChI=1S/C18H21N5O/c24-17(18-7-12-3-13(8-18)5-14(4-12)9-18)22-15-6-16(21-10-20-15)23-2-1-19-11-23/h1-2,6,10-14H,3-5,7-9H2,(H,20,21,22,24). The molecule has 2 aromatic rings. The first-order valence-electron chi connectivity index (χ1n) is 8.82. The van der Waals surface area contributed by atoms with Gasteiger partial charge in [-0.1, -0.05) is 0 Å². The molecule has 2 aromatic heterocycles. The lowest BCUT2D eigenvalue weighted by atomic mass is 9.49. The van der Waals surface area contributed by atoms with Gasteiger partial charge in [-0.25, -0.2) is 15.0 Å². The van der Waals surface area contributed by atoms with Gasteiger partial charge in [0.15, 0.2) is 0 Å². The Morgan fingerprint density at radius 2 is 1.83 bits per heavy atom. The number of amides is 1. The van der Waals surface area contributed by atoms with E-state index >= 15 is 0 Å². The third-order valence-corrected chi connectivity index (χ3v) is 6.18. The number of imidazole rings is 1. The number of carbonyl (C=O) groups is 1. The van der Waals surface area contributed by atoms with E-state index in [2.05, 4.69) is 20.3 Å². The first-order chi connectivity index (χ1) is 11.7. The van der Waals surface area contributed by atoms with Crippen molar-refractivity contribution in [2.24, 2.45) is 23.2 Å². The zero-order valence-corrected chi connectivity index (χ0v) is 13.6. The predicted octanol–water partition coefficient (Wildman–Crippen LogP) is 2.82. The molecule has 1 N–H and O–H groups in total. The van der Waals surface area contributed by atoms with Crippen molar-refractivity contribution < 1.29 is 4.79 Å². The highest BCUT2D eigenvalue weighted by Gasteiger charge is 2.54. The summed E-state index contributed by atoms with van der Waals surface area (Å²) in [5.74, 6) is 3.73. The molecule has 6 heteroatoms. The summed E-state index contributed by atoms with van der Waals surface area (Å²) in [5.41, 5.74) is -0.158. The SMILES string of the molecule is O=C(Nc1cc(-n2ccnc2)ncn1)C12CC3CC(CC(C3)C1)C2. The highest BCUT2D eigenvalue weighted by atomic mass is 16.2. The maximum Gasteiger partial charge on any atom is 0.231 e. The van der Waals surface area contributed by atoms with E-state index in [9.17, 15) is 4.79 Å². The Labute approximate surface area is 140 Å². The molecule has 4 fully saturated rings. The van der Waals surface area contributed by atoms with Gasteiger partial charge < -0.3 is 5.32 Å². The number of aromatic nitrogens is 4. The monoisotopic (exact) mass is 323 g/mol. The van der Waals surface area contributed by atoms with Gasteiger partial charge in [0.05, 0.1) is 5.41 Å². The van der Waals surface area contributed by atoms with Crippen LogP contribution in [0.3, 0.4) is 0 Å². The van der Waals surface area contributed by atoms with E-state index in [4.69, 9.17) is 0 Å². The zero-order valence-electron chi connectivity index (χ0n) is 13.6. The van der Waals surface area contributed by atoms with Crippen LogP contribution >= 0.6 is 0 Å². The van der Waals surface area contributed by atoms with Gasteiger partial charge in [0.25, 0.3) is 0 Å². The van der Waals surface area contributed by atoms with E-state index in [1.54, 1.807) is 18.6 Å². The van der Waals surface area contributed by atoms with Crippen LogP contribution in [0.5, 0.6) is 0 Å². The molecule has 6 rings (SSSR count). The van der Waals surface area contributed by atoms with E-state index < -0.39 is 0 Å². The molecule has 1 amide bonds. The number of nitrogens with zero attached hydrogens (tertiary/aromatic N) is 4. The highest BCUT2D eigenvalue weighted by Crippen LogP contribution is 2.60. The second-order valence-electron chi connectivity index (χ2n) is 7.88. The highest BCUT2D eigenvalue weighted by molar-refractivity contribution is 5.95. The smallest absolute Gasteiger partial charge is 0.231 e. The molecule has 0 radical (unpaired) electrons. The molecule has 0 saturated heterocycles. The predicted molar refractivity (Wildman–Crippen MR) is 88.4 cm³/mol. The van der Waals surface area contributed by atoms with Crippen LogP contribution in [0.25, 0.3) is 5.82 Å². The molecule has 0 aliphatic heterocycles. The summed E-state index contributed by atoms with van der Waals surface area (Å²) in [6, 6.07) is 1.81. The number of nitrogens with one attached hydrogen (secondary N) is 1. The Hall–Kier alpha value is -2.24. The number of hydrogen-bond acceptors (Lipinski definition) is 4. The van der Waals surface area contributed by atoms with Crippen molar-refractivity contribution in [1.82, 2.24) is 19.5 Å². The molecule has 4 aliphatic carbocycles. The lowest BCUT2D eigenvalue weighted by Gasteiger charge is -2.55. The second-order valence-corrected chi connectivity index (χ2v) is 7.88. The fraction of sp³-hybridized carbons (Fsp3) is 0.556. The normalized spacial score (nSPS) is 33.6. The molecule has 6 nitrogen and oxygen atoms in total. The molecule has 4 aliphatic rings. The van der Waals surface area contributed by atoms with E-state index in [1.165, 1.54) is 25.6 Å². The van der Waals surface area contributed by atoms with Crippen LogP contribution in [0.2, 0.25) is 0 Å². The first kappa shape index (κ1) is 14.1. The maximum atomic E-state index is 13.1. The van der Waals surface area contributed by atoms with Crippen molar-refractivity contribution in [3.8, 4) is 5.82 Å². The minimum atomic E-state index is -0.158. The minimum absolute atomic E-state index is 0.158. The van der Waals surface area contributed by atoms with Crippen molar-refractivity contribution in [2.75, 3.05) is 5.32 Å². The van der Waals surface area contributed by atoms with Gasteiger partial charge in [-0.2, -0.15) is 0 Å². The molecule has 0 spiro atoms. The van der Waals surface area contributed by atoms with Gasteiger partial charge in [0.1, 0.15) is 24.3 Å². The van der Waals surface area contributed by atoms with Gasteiger partial charge >= 0.3 is 0 Å². The van der Waals surface area contributed by atoms with Crippen LogP contribution in [0.4, 0.5) is 5.82 Å². The average Bonchev–Trinajstić information content (AvgIpc) is 3.08. The summed E-state index contributed by atoms with van der Waals surface area (Å²) in [6.07, 6.45) is 13.9. The lowest BCUT2D eigenvalue weighted by Crippen LogP contribution is -2.51. The summed E-state index contributed by atoms with van der Waals surface area (Å²) in [5, 5.41) is 3.08. The third-order valence-electron chi connectivity index (χ3n) is 6.18. The molecule has 124 valence electrons. The van der Waals surface area contributed by atoms with E-state index in [0.717, 1.165) is 37.0 Å². The van der Waals surface area contributed by atoms with Crippen LogP contribution in [-0.2, 0) is 4.79 Å². The van der Waals surface area contributed by atoms with Crippen LogP contribution in [0.15, 0.2) is 31.1 Å². The van der Waals surface area contributed by atoms with Crippen LogP contribution in [0, 0.1) is 23.2 Å². The van der Waals surface area contributed by atoms with Gasteiger partial charge in [-0.05, 0) is 56.3 Å². The molecule has 24 heavy (non-hydrogen) atoms. The summed E-state index contributed by atoms with van der Waals surface area (Å²) in [6.45, 7) is 0. The van der Waals surface area contributed by atoms with E-state index in [-0.39, 0.29) is 11.3 Å². The van der Waals surface area contributed by atoms with Crippen molar-refractivity contribution in [3.05, 3.63) is 31.1 Å². The molecule has 4 saturated carbocycles. The van der Waals surface area contributed by atoms with Crippen LogP contribution < -0.4 is 5.32 Å². The molecule has 0 atom stereocenters. The fourth-order valence-electron chi connectivity index (χ4n) is 5.59. The molecule has 0 unspecified atom stereocenters. The fourth-order valence-corrected chi connectivity index (χ4v) is 5.59. The Morgan fingerprint density at radius 3 is 2.46 bits per heavy atom. The number of carbonyl (C=O) groups excluding carboxylic acids is 1. The Balaban J connectivity index is 1.38. The van der Waals surface area contributed by atoms with Crippen molar-refractivity contribution in [2.45, 2.75) is 38.5 Å². The largest absolute Gasteiger partial charge is 0.310 e. The van der Waals surface area contributed by atoms with E-state index in [1.807, 2.05) is 10.8 Å². The van der Waals surface area contributed by atoms with Gasteiger partial charge in [-0.3, -0.25) is 9.36 Å². The van der Waals surface area contributed by atoms with E-state index in [0.29, 0.717) is 11.6 Å². The Kier molecular flexibility index (Phi) is 3.02. The van der Waals surface area contributed by atoms with Gasteiger partial charge in [0, 0.05) is 18.5 Å². The first-order valence-corrected chi connectivity index (χ1v) is 8.82. The Morgan fingerprint density at radius 1 is 1.12 bits per heavy atom. The molecule has 0 aromatic carbocycles. The third kappa shape index (κ3) is 2.24. The molecule has 4 bridgehead atoms. The average molecular weight is 323 g/mol. The number of anilines is 1. The zero-order chi connectivity index (χ0) is 16.1. The van der Waals surface area contributed by atoms with Gasteiger partial charge in [0.2, 0.25) is 5.91 Å². The summed E-state index contributed by atoms with van der Waals surface area (Å²) < 4.78 is 1.81. The second kappa shape index (κ2) is 5.13. The van der Waals surface area contributed by atoms with Crippen molar-refractivity contribution in [3.63, 3.8) is 0 Å². The summed E-state index contributed by atoms with van der Waals surface area (Å²) >= 11 is 0. The van der Waals surface area contributed by atoms with Crippen LogP contribution in [0.1, 0.15) is 38.5 Å². The minimum Gasteiger partial charge on any atom is -0.310 e. The number of hydrogen-bond donors (Lipinski definition) is 1. The van der Waals surface area contributed by atoms with Gasteiger partial charge in [-0.15, -0.1) is 0 Å². The summed E-state index contributed by atoms with van der Waals surface area (Å²) in [4.78, 5) is 25.6.